The molecule has 2 aromatic rings. The number of nitrogens with one attached hydrogen (secondary N) is 1. The Labute approximate surface area is 134 Å². The molecule has 2 heterocycles. The summed E-state index contributed by atoms with van der Waals surface area (Å²) < 4.78 is 39.1. The molecule has 1 N–H and O–H groups in total. The summed E-state index contributed by atoms with van der Waals surface area (Å²) in [4.78, 5) is 11.4. The molecule has 0 saturated carbocycles. The van der Waals surface area contributed by atoms with E-state index in [9.17, 15) is 13.2 Å². The largest absolute Gasteiger partial charge is 0.368 e. The lowest BCUT2D eigenvalue weighted by Crippen LogP contribution is -2.11. The summed E-state index contributed by atoms with van der Waals surface area (Å²) in [6, 6.07) is 1.15. The maximum atomic E-state index is 13.6. The lowest BCUT2D eigenvalue weighted by atomic mass is 10.2. The van der Waals surface area contributed by atoms with E-state index in [0.717, 1.165) is 6.07 Å². The molecule has 118 valence electrons. The van der Waals surface area contributed by atoms with Crippen LogP contribution in [0.3, 0.4) is 0 Å². The van der Waals surface area contributed by atoms with Gasteiger partial charge in [-0.1, -0.05) is 23.2 Å². The topological polar surface area (TPSA) is 50.7 Å². The minimum absolute atomic E-state index is 0.0823. The van der Waals surface area contributed by atoms with Gasteiger partial charge >= 0.3 is 0 Å². The van der Waals surface area contributed by atoms with Crippen molar-refractivity contribution >= 4 is 29.0 Å². The summed E-state index contributed by atoms with van der Waals surface area (Å²) in [5.41, 5.74) is -0.333. The van der Waals surface area contributed by atoms with Crippen molar-refractivity contribution in [2.24, 2.45) is 0 Å². The number of rotatable bonds is 5. The molecule has 2 aromatic heterocycles. The Bertz CT molecular complexity index is 683. The first kappa shape index (κ1) is 16.8. The van der Waals surface area contributed by atoms with Gasteiger partial charge in [0.15, 0.2) is 0 Å². The van der Waals surface area contributed by atoms with Gasteiger partial charge in [0.05, 0.1) is 10.7 Å². The second-order valence-corrected chi connectivity index (χ2v) is 5.19. The Morgan fingerprint density at radius 2 is 2.00 bits per heavy atom. The van der Waals surface area contributed by atoms with Gasteiger partial charge in [-0.2, -0.15) is 0 Å². The van der Waals surface area contributed by atoms with Crippen molar-refractivity contribution < 1.29 is 13.2 Å². The third-order valence-electron chi connectivity index (χ3n) is 2.73. The van der Waals surface area contributed by atoms with Crippen LogP contribution in [0.5, 0.6) is 0 Å². The number of nitrogens with zero attached hydrogens (tertiary/aromatic N) is 3. The van der Waals surface area contributed by atoms with Crippen molar-refractivity contribution in [1.82, 2.24) is 15.0 Å². The fourth-order valence-corrected chi connectivity index (χ4v) is 2.15. The van der Waals surface area contributed by atoms with Crippen molar-refractivity contribution in [2.45, 2.75) is 19.8 Å². The summed E-state index contributed by atoms with van der Waals surface area (Å²) in [6.45, 7) is 1.69. The molecule has 0 fully saturated rings. The molecule has 0 spiro atoms. The van der Waals surface area contributed by atoms with Gasteiger partial charge in [-0.3, -0.25) is 4.98 Å². The number of anilines is 1. The van der Waals surface area contributed by atoms with Crippen LogP contribution >= 0.6 is 23.2 Å². The van der Waals surface area contributed by atoms with Gasteiger partial charge in [-0.05, 0) is 13.0 Å². The number of halogens is 5. The van der Waals surface area contributed by atoms with Crippen LogP contribution in [0.15, 0.2) is 12.3 Å². The van der Waals surface area contributed by atoms with E-state index in [4.69, 9.17) is 23.2 Å². The maximum Gasteiger partial charge on any atom is 0.282 e. The molecule has 2 rings (SSSR count). The first-order valence-corrected chi connectivity index (χ1v) is 7.00. The number of hydrogen-bond donors (Lipinski definition) is 1. The fraction of sp³-hybridized carbons (Fsp3) is 0.308. The monoisotopic (exact) mass is 350 g/mol. The van der Waals surface area contributed by atoms with E-state index in [0.29, 0.717) is 0 Å². The molecule has 0 aliphatic rings. The van der Waals surface area contributed by atoms with Gasteiger partial charge in [0.25, 0.3) is 6.43 Å². The minimum atomic E-state index is -2.80. The summed E-state index contributed by atoms with van der Waals surface area (Å²) in [6.07, 6.45) is -1.26. The third kappa shape index (κ3) is 3.98. The predicted molar refractivity (Wildman–Crippen MR) is 78.1 cm³/mol. The van der Waals surface area contributed by atoms with Gasteiger partial charge in [0.1, 0.15) is 28.2 Å². The van der Waals surface area contributed by atoms with Crippen LogP contribution in [0.4, 0.5) is 19.0 Å². The van der Waals surface area contributed by atoms with Gasteiger partial charge in [-0.15, -0.1) is 0 Å². The van der Waals surface area contributed by atoms with Crippen molar-refractivity contribution in [2.75, 3.05) is 11.9 Å². The minimum Gasteiger partial charge on any atom is -0.368 e. The Balaban J connectivity index is 2.08. The highest BCUT2D eigenvalue weighted by Crippen LogP contribution is 2.30. The van der Waals surface area contributed by atoms with Crippen LogP contribution in [0, 0.1) is 12.7 Å². The molecule has 22 heavy (non-hydrogen) atoms. The van der Waals surface area contributed by atoms with Crippen LogP contribution in [-0.4, -0.2) is 21.5 Å². The van der Waals surface area contributed by atoms with Crippen LogP contribution < -0.4 is 5.32 Å². The van der Waals surface area contributed by atoms with E-state index in [1.165, 1.54) is 13.1 Å². The van der Waals surface area contributed by atoms with Crippen molar-refractivity contribution in [3.05, 3.63) is 45.3 Å². The number of aromatic nitrogens is 3. The van der Waals surface area contributed by atoms with Crippen LogP contribution in [0.25, 0.3) is 0 Å². The maximum absolute atomic E-state index is 13.6. The average Bonchev–Trinajstić information content (AvgIpc) is 2.44. The Morgan fingerprint density at radius 3 is 2.64 bits per heavy atom. The van der Waals surface area contributed by atoms with Crippen LogP contribution in [0.2, 0.25) is 10.0 Å². The third-order valence-corrected chi connectivity index (χ3v) is 3.31. The van der Waals surface area contributed by atoms with Gasteiger partial charge in [0.2, 0.25) is 0 Å². The summed E-state index contributed by atoms with van der Waals surface area (Å²) in [5.74, 6) is -0.288. The molecular formula is C13H11Cl2F3N4. The molecular weight excluding hydrogens is 340 g/mol. The lowest BCUT2D eigenvalue weighted by Gasteiger charge is -2.11. The van der Waals surface area contributed by atoms with Crippen molar-refractivity contribution in [1.29, 1.82) is 0 Å². The second kappa shape index (κ2) is 7.11. The smallest absolute Gasteiger partial charge is 0.282 e. The normalized spacial score (nSPS) is 11.0. The standard InChI is InChI=1S/C13H11Cl2F3N4/c1-6-21-11(12(17)18)10(15)13(22-6)19-3-2-9-8(16)4-7(14)5-20-9/h4-5,12H,2-3H2,1H3,(H,19,21,22). The zero-order valence-corrected chi connectivity index (χ0v) is 12.9. The lowest BCUT2D eigenvalue weighted by molar-refractivity contribution is 0.146. The Morgan fingerprint density at radius 1 is 1.27 bits per heavy atom. The van der Waals surface area contributed by atoms with E-state index in [1.54, 1.807) is 0 Å². The average molecular weight is 351 g/mol. The fourth-order valence-electron chi connectivity index (χ4n) is 1.77. The Hall–Kier alpha value is -1.60. The Kier molecular flexibility index (Phi) is 5.42. The predicted octanol–water partition coefficient (Wildman–Crippen LogP) is 4.22. The molecule has 4 nitrogen and oxygen atoms in total. The summed E-state index contributed by atoms with van der Waals surface area (Å²) in [5, 5.41) is 2.74. The SMILES string of the molecule is Cc1nc(NCCc2ncc(Cl)cc2F)c(Cl)c(C(F)F)n1. The first-order valence-electron chi connectivity index (χ1n) is 6.24. The summed E-state index contributed by atoms with van der Waals surface area (Å²) in [7, 11) is 0. The molecule has 9 heteroatoms. The molecule has 0 unspecified atom stereocenters. The summed E-state index contributed by atoms with van der Waals surface area (Å²) >= 11 is 11.4. The number of pyridine rings is 1. The number of alkyl halides is 2. The van der Waals surface area contributed by atoms with E-state index in [2.05, 4.69) is 20.3 Å². The van der Waals surface area contributed by atoms with E-state index < -0.39 is 17.9 Å². The molecule has 0 amide bonds. The highest BCUT2D eigenvalue weighted by atomic mass is 35.5. The molecule has 0 aliphatic carbocycles. The molecule has 0 aromatic carbocycles. The molecule has 0 aliphatic heterocycles. The van der Waals surface area contributed by atoms with Crippen molar-refractivity contribution in [3.63, 3.8) is 0 Å². The van der Waals surface area contributed by atoms with Gasteiger partial charge in [0, 0.05) is 19.2 Å². The zero-order chi connectivity index (χ0) is 16.3. The van der Waals surface area contributed by atoms with Crippen LogP contribution in [-0.2, 0) is 6.42 Å². The van der Waals surface area contributed by atoms with Crippen LogP contribution in [0.1, 0.15) is 23.6 Å². The van der Waals surface area contributed by atoms with E-state index >= 15 is 0 Å². The van der Waals surface area contributed by atoms with E-state index in [-0.39, 0.29) is 40.3 Å². The van der Waals surface area contributed by atoms with E-state index in [1.807, 2.05) is 0 Å². The van der Waals surface area contributed by atoms with Crippen molar-refractivity contribution in [3.8, 4) is 0 Å². The highest BCUT2D eigenvalue weighted by molar-refractivity contribution is 6.33. The molecule has 0 radical (unpaired) electrons. The quantitative estimate of drug-likeness (QED) is 0.877. The molecule has 0 atom stereocenters. The van der Waals surface area contributed by atoms with Gasteiger partial charge in [-0.25, -0.2) is 23.1 Å². The number of aryl methyl sites for hydroxylation is 1. The molecule has 0 bridgehead atoms. The zero-order valence-electron chi connectivity index (χ0n) is 11.4. The highest BCUT2D eigenvalue weighted by Gasteiger charge is 2.19. The van der Waals surface area contributed by atoms with Gasteiger partial charge < -0.3 is 5.32 Å². The second-order valence-electron chi connectivity index (χ2n) is 4.38. The molecule has 0 saturated heterocycles. The number of hydrogen-bond acceptors (Lipinski definition) is 4. The first-order chi connectivity index (χ1) is 10.4.